The maximum absolute atomic E-state index is 13.0. The number of rotatable bonds is 7. The van der Waals surface area contributed by atoms with Crippen LogP contribution < -0.4 is 4.74 Å². The molecule has 1 aliphatic rings. The van der Waals surface area contributed by atoms with Crippen molar-refractivity contribution in [1.82, 2.24) is 9.88 Å². The Kier molecular flexibility index (Phi) is 6.64. The number of aromatic nitrogens is 1. The Balaban J connectivity index is 1.59. The Bertz CT molecular complexity index is 1140. The van der Waals surface area contributed by atoms with Gasteiger partial charge in [-0.3, -0.25) is 9.69 Å². The molecule has 0 radical (unpaired) electrons. The molecule has 31 heavy (non-hydrogen) atoms. The maximum Gasteiger partial charge on any atom is 0.267 e. The van der Waals surface area contributed by atoms with Crippen LogP contribution in [-0.4, -0.2) is 34.1 Å². The Hall–Kier alpha value is -3.16. The monoisotopic (exact) mass is 447 g/mol. The summed E-state index contributed by atoms with van der Waals surface area (Å²) in [7, 11) is 0. The number of hydrogen-bond donors (Lipinski definition) is 0. The van der Waals surface area contributed by atoms with Crippen LogP contribution >= 0.6 is 23.1 Å². The van der Waals surface area contributed by atoms with E-state index in [0.717, 1.165) is 22.6 Å². The van der Waals surface area contributed by atoms with E-state index in [1.165, 1.54) is 23.1 Å². The molecule has 1 saturated heterocycles. The van der Waals surface area contributed by atoms with E-state index >= 15 is 0 Å². The van der Waals surface area contributed by atoms with Gasteiger partial charge in [0.05, 0.1) is 17.2 Å². The van der Waals surface area contributed by atoms with Gasteiger partial charge in [-0.05, 0) is 42.5 Å². The highest BCUT2D eigenvalue weighted by Gasteiger charge is 2.32. The summed E-state index contributed by atoms with van der Waals surface area (Å²) in [6.45, 7) is 6.73. The van der Waals surface area contributed by atoms with Crippen molar-refractivity contribution in [2.45, 2.75) is 6.92 Å². The number of carbonyl (C=O) groups is 1. The van der Waals surface area contributed by atoms with Crippen LogP contribution in [-0.2, 0) is 4.79 Å². The number of aliphatic imine (C=N–C) groups is 1. The van der Waals surface area contributed by atoms with E-state index in [2.05, 4.69) is 16.6 Å². The van der Waals surface area contributed by atoms with Gasteiger partial charge in [0.25, 0.3) is 5.91 Å². The summed E-state index contributed by atoms with van der Waals surface area (Å²) in [4.78, 5) is 24.5. The number of ether oxygens (including phenoxy) is 1. The molecule has 0 spiro atoms. The predicted octanol–water partition coefficient (Wildman–Crippen LogP) is 6.00. The van der Waals surface area contributed by atoms with Crippen LogP contribution in [0.3, 0.4) is 0 Å². The highest BCUT2D eigenvalue weighted by molar-refractivity contribution is 8.18. The summed E-state index contributed by atoms with van der Waals surface area (Å²) in [5.74, 6) is 0.723. The minimum absolute atomic E-state index is 0.0858. The van der Waals surface area contributed by atoms with Crippen molar-refractivity contribution in [3.63, 3.8) is 0 Å². The van der Waals surface area contributed by atoms with Gasteiger partial charge < -0.3 is 4.74 Å². The lowest BCUT2D eigenvalue weighted by Crippen LogP contribution is -2.29. The number of nitrogens with zero attached hydrogens (tertiary/aromatic N) is 3. The van der Waals surface area contributed by atoms with Gasteiger partial charge in [-0.15, -0.1) is 17.9 Å². The second kappa shape index (κ2) is 9.76. The molecule has 0 bridgehead atoms. The third-order valence-corrected chi connectivity index (χ3v) is 6.18. The largest absolute Gasteiger partial charge is 0.494 e. The lowest BCUT2D eigenvalue weighted by molar-refractivity contribution is -0.121. The average molecular weight is 448 g/mol. The number of thioether (sulfide) groups is 1. The first-order chi connectivity index (χ1) is 15.2. The fourth-order valence-corrected chi connectivity index (χ4v) is 4.74. The second-order valence-electron chi connectivity index (χ2n) is 6.59. The molecule has 156 valence electrons. The number of benzene rings is 2. The smallest absolute Gasteiger partial charge is 0.267 e. The molecule has 0 N–H and O–H groups in total. The Morgan fingerprint density at radius 2 is 1.94 bits per heavy atom. The number of thiazole rings is 1. The van der Waals surface area contributed by atoms with E-state index in [9.17, 15) is 4.79 Å². The Morgan fingerprint density at radius 3 is 2.65 bits per heavy atom. The first kappa shape index (κ1) is 21.1. The van der Waals surface area contributed by atoms with Crippen molar-refractivity contribution in [3.8, 4) is 17.0 Å². The van der Waals surface area contributed by atoms with Crippen LogP contribution in [0.15, 0.2) is 82.5 Å². The van der Waals surface area contributed by atoms with E-state index in [4.69, 9.17) is 4.74 Å². The van der Waals surface area contributed by atoms with Crippen molar-refractivity contribution in [1.29, 1.82) is 0 Å². The second-order valence-corrected chi connectivity index (χ2v) is 8.44. The molecule has 4 rings (SSSR count). The van der Waals surface area contributed by atoms with E-state index < -0.39 is 0 Å². The number of amidine groups is 1. The molecule has 2 aromatic carbocycles. The summed E-state index contributed by atoms with van der Waals surface area (Å²) in [6.07, 6.45) is 3.57. The van der Waals surface area contributed by atoms with Gasteiger partial charge in [-0.1, -0.05) is 48.5 Å². The summed E-state index contributed by atoms with van der Waals surface area (Å²) in [5, 5.41) is 3.20. The van der Waals surface area contributed by atoms with Crippen LogP contribution in [0.25, 0.3) is 17.3 Å². The molecule has 0 atom stereocenters. The lowest BCUT2D eigenvalue weighted by Gasteiger charge is -2.11. The van der Waals surface area contributed by atoms with Gasteiger partial charge in [-0.25, -0.2) is 4.98 Å². The van der Waals surface area contributed by atoms with E-state index in [1.54, 1.807) is 11.0 Å². The van der Waals surface area contributed by atoms with Crippen molar-refractivity contribution in [2.75, 3.05) is 13.2 Å². The predicted molar refractivity (Wildman–Crippen MR) is 130 cm³/mol. The van der Waals surface area contributed by atoms with E-state index in [0.29, 0.717) is 28.4 Å². The Labute approximate surface area is 189 Å². The molecule has 0 unspecified atom stereocenters. The molecule has 1 fully saturated rings. The molecular formula is C24H21N3O2S2. The van der Waals surface area contributed by atoms with Crippen LogP contribution in [0.4, 0.5) is 5.13 Å². The molecule has 1 aromatic heterocycles. The van der Waals surface area contributed by atoms with Crippen molar-refractivity contribution >= 4 is 45.4 Å². The maximum atomic E-state index is 13.0. The topological polar surface area (TPSA) is 54.8 Å². The van der Waals surface area contributed by atoms with Crippen LogP contribution in [0.2, 0.25) is 0 Å². The lowest BCUT2D eigenvalue weighted by atomic mass is 10.2. The van der Waals surface area contributed by atoms with Crippen molar-refractivity contribution in [2.24, 2.45) is 4.99 Å². The molecule has 1 amide bonds. The van der Waals surface area contributed by atoms with Gasteiger partial charge >= 0.3 is 0 Å². The van der Waals surface area contributed by atoms with E-state index in [1.807, 2.05) is 73.0 Å². The normalized spacial score (nSPS) is 16.3. The summed E-state index contributed by atoms with van der Waals surface area (Å²) >= 11 is 2.81. The SMILES string of the molecule is C=CCN1C(=O)/C(=C/c2ccc(OCC)cc2)S/C1=N/c1nc(-c2ccccc2)cs1. The molecule has 1 aliphatic heterocycles. The van der Waals surface area contributed by atoms with Crippen LogP contribution in [0.5, 0.6) is 5.75 Å². The molecule has 0 saturated carbocycles. The molecule has 7 heteroatoms. The van der Waals surface area contributed by atoms with Crippen molar-refractivity contribution in [3.05, 3.63) is 83.1 Å². The Morgan fingerprint density at radius 1 is 1.16 bits per heavy atom. The molecular weight excluding hydrogens is 426 g/mol. The zero-order valence-electron chi connectivity index (χ0n) is 17.0. The third-order valence-electron chi connectivity index (χ3n) is 4.44. The molecule has 3 aromatic rings. The average Bonchev–Trinajstić information content (AvgIpc) is 3.37. The van der Waals surface area contributed by atoms with E-state index in [-0.39, 0.29) is 5.91 Å². The van der Waals surface area contributed by atoms with Gasteiger partial charge in [0.2, 0.25) is 5.13 Å². The van der Waals surface area contributed by atoms with Crippen molar-refractivity contribution < 1.29 is 9.53 Å². The summed E-state index contributed by atoms with van der Waals surface area (Å²) in [5.41, 5.74) is 2.85. The fourth-order valence-electron chi connectivity index (χ4n) is 3.00. The zero-order valence-corrected chi connectivity index (χ0v) is 18.7. The first-order valence-electron chi connectivity index (χ1n) is 9.82. The molecule has 5 nitrogen and oxygen atoms in total. The first-order valence-corrected chi connectivity index (χ1v) is 11.5. The minimum Gasteiger partial charge on any atom is -0.494 e. The molecule has 0 aliphatic carbocycles. The third kappa shape index (κ3) is 4.95. The zero-order chi connectivity index (χ0) is 21.6. The number of amides is 1. The highest BCUT2D eigenvalue weighted by atomic mass is 32.2. The van der Waals surface area contributed by atoms with Gasteiger partial charge in [0.15, 0.2) is 5.17 Å². The molecule has 2 heterocycles. The summed E-state index contributed by atoms with van der Waals surface area (Å²) in [6, 6.07) is 17.6. The summed E-state index contributed by atoms with van der Waals surface area (Å²) < 4.78 is 5.48. The quantitative estimate of drug-likeness (QED) is 0.329. The van der Waals surface area contributed by atoms with Gasteiger partial charge in [0, 0.05) is 17.5 Å². The van der Waals surface area contributed by atoms with Gasteiger partial charge in [0.1, 0.15) is 5.75 Å². The van der Waals surface area contributed by atoms with Crippen LogP contribution in [0.1, 0.15) is 12.5 Å². The number of hydrogen-bond acceptors (Lipinski definition) is 6. The van der Waals surface area contributed by atoms with Gasteiger partial charge in [-0.2, -0.15) is 4.99 Å². The minimum atomic E-state index is -0.0858. The highest BCUT2D eigenvalue weighted by Crippen LogP contribution is 2.35. The van der Waals surface area contributed by atoms with Crippen LogP contribution in [0, 0.1) is 0 Å². The standard InChI is InChI=1S/C24H21N3O2S2/c1-3-14-27-22(28)21(15-17-10-12-19(13-11-17)29-4-2)31-24(27)26-23-25-20(16-30-23)18-8-6-5-7-9-18/h3,5-13,15-16H,1,4,14H2,2H3/b21-15-,26-24+. The number of carbonyl (C=O) groups excluding carboxylic acids is 1. The fraction of sp³-hybridized carbons (Fsp3) is 0.125.